The van der Waals surface area contributed by atoms with Gasteiger partial charge in [0.1, 0.15) is 0 Å². The lowest BCUT2D eigenvalue weighted by atomic mass is 10.1. The maximum Gasteiger partial charge on any atom is 0.0974 e. The molecule has 0 spiro atoms. The molecule has 2 aromatic heterocycles. The molecule has 7 heteroatoms. The van der Waals surface area contributed by atoms with Gasteiger partial charge < -0.3 is 5.32 Å². The Hall–Kier alpha value is -0.790. The van der Waals surface area contributed by atoms with E-state index in [1.165, 1.54) is 11.7 Å². The number of aromatic nitrogens is 4. The summed E-state index contributed by atoms with van der Waals surface area (Å²) in [6.45, 7) is 5.85. The van der Waals surface area contributed by atoms with Crippen molar-refractivity contribution < 1.29 is 0 Å². The molecule has 0 radical (unpaired) electrons. The Morgan fingerprint density at radius 1 is 1.47 bits per heavy atom. The monoisotopic (exact) mass is 315 g/mol. The number of nitrogens with zero attached hydrogens (tertiary/aromatic N) is 4. The van der Waals surface area contributed by atoms with Crippen LogP contribution in [0.4, 0.5) is 0 Å². The first-order chi connectivity index (χ1) is 8.27. The Kier molecular flexibility index (Phi) is 4.25. The molecule has 1 atom stereocenters. The van der Waals surface area contributed by atoms with Crippen molar-refractivity contribution in [3.05, 3.63) is 28.3 Å². The minimum absolute atomic E-state index is 0.0376. The number of halogens is 1. The topological polar surface area (TPSA) is 55.6 Å². The zero-order valence-corrected chi connectivity index (χ0v) is 12.1. The molecule has 1 N–H and O–H groups in total. The quantitative estimate of drug-likeness (QED) is 0.919. The van der Waals surface area contributed by atoms with Crippen molar-refractivity contribution >= 4 is 27.7 Å². The Labute approximate surface area is 113 Å². The fourth-order valence-corrected chi connectivity index (χ4v) is 2.73. The highest BCUT2D eigenvalue weighted by Crippen LogP contribution is 2.27. The third-order valence-electron chi connectivity index (χ3n) is 2.49. The lowest BCUT2D eigenvalue weighted by Crippen LogP contribution is -2.25. The molecule has 0 aliphatic rings. The van der Waals surface area contributed by atoms with Gasteiger partial charge in [0.15, 0.2) is 0 Å². The van der Waals surface area contributed by atoms with Gasteiger partial charge in [-0.25, -0.2) is 0 Å². The molecule has 0 aliphatic carbocycles. The molecule has 0 aliphatic heterocycles. The predicted octanol–water partition coefficient (Wildman–Crippen LogP) is 2.22. The molecule has 1 unspecified atom stereocenters. The Morgan fingerprint density at radius 3 is 2.88 bits per heavy atom. The fourth-order valence-electron chi connectivity index (χ4n) is 1.76. The average molecular weight is 316 g/mol. The van der Waals surface area contributed by atoms with Gasteiger partial charge in [-0.3, -0.25) is 4.68 Å². The maximum atomic E-state index is 4.33. The third kappa shape index (κ3) is 2.56. The summed E-state index contributed by atoms with van der Waals surface area (Å²) >= 11 is 4.77. The summed E-state index contributed by atoms with van der Waals surface area (Å²) in [6, 6.07) is 0.0376. The van der Waals surface area contributed by atoms with E-state index in [0.29, 0.717) is 0 Å². The van der Waals surface area contributed by atoms with Gasteiger partial charge in [0, 0.05) is 6.54 Å². The Morgan fingerprint density at radius 2 is 2.29 bits per heavy atom. The summed E-state index contributed by atoms with van der Waals surface area (Å²) in [4.78, 5) is 0. The Balaban J connectivity index is 2.42. The first kappa shape index (κ1) is 12.7. The van der Waals surface area contributed by atoms with Crippen molar-refractivity contribution in [2.75, 3.05) is 6.54 Å². The van der Waals surface area contributed by atoms with Crippen molar-refractivity contribution in [1.82, 2.24) is 23.8 Å². The molecule has 0 saturated carbocycles. The van der Waals surface area contributed by atoms with Crippen LogP contribution in [0.2, 0.25) is 0 Å². The molecule has 5 nitrogen and oxygen atoms in total. The second-order valence-electron chi connectivity index (χ2n) is 3.52. The lowest BCUT2D eigenvalue weighted by molar-refractivity contribution is 0.535. The first-order valence-corrected chi connectivity index (χ1v) is 7.02. The SMILES string of the molecule is CCNC(c1cnsn1)c1c(Br)cnn1CC. The highest BCUT2D eigenvalue weighted by atomic mass is 79.9. The first-order valence-electron chi connectivity index (χ1n) is 5.50. The summed E-state index contributed by atoms with van der Waals surface area (Å²) in [7, 11) is 0. The molecule has 2 aromatic rings. The lowest BCUT2D eigenvalue weighted by Gasteiger charge is -2.17. The van der Waals surface area contributed by atoms with E-state index in [4.69, 9.17) is 0 Å². The molecule has 92 valence electrons. The van der Waals surface area contributed by atoms with Crippen LogP contribution in [-0.2, 0) is 6.54 Å². The van der Waals surface area contributed by atoms with Gasteiger partial charge in [-0.2, -0.15) is 13.8 Å². The fraction of sp³-hybridized carbons (Fsp3) is 0.500. The van der Waals surface area contributed by atoms with Gasteiger partial charge in [-0.1, -0.05) is 6.92 Å². The summed E-state index contributed by atoms with van der Waals surface area (Å²) in [6.07, 6.45) is 3.63. The molecular formula is C10H14BrN5S. The minimum Gasteiger partial charge on any atom is -0.304 e. The number of rotatable bonds is 5. The average Bonchev–Trinajstić information content (AvgIpc) is 2.95. The van der Waals surface area contributed by atoms with Crippen LogP contribution in [0, 0.1) is 0 Å². The van der Waals surface area contributed by atoms with Crippen molar-refractivity contribution in [2.24, 2.45) is 0 Å². The molecule has 0 aromatic carbocycles. The number of hydrogen-bond donors (Lipinski definition) is 1. The van der Waals surface area contributed by atoms with E-state index in [9.17, 15) is 0 Å². The van der Waals surface area contributed by atoms with Crippen LogP contribution in [0.15, 0.2) is 16.9 Å². The molecule has 0 fully saturated rings. The van der Waals surface area contributed by atoms with E-state index >= 15 is 0 Å². The second kappa shape index (κ2) is 5.70. The second-order valence-corrected chi connectivity index (χ2v) is 4.93. The summed E-state index contributed by atoms with van der Waals surface area (Å²) in [5, 5.41) is 7.75. The van der Waals surface area contributed by atoms with Gasteiger partial charge in [-0.05, 0) is 29.4 Å². The summed E-state index contributed by atoms with van der Waals surface area (Å²) < 4.78 is 11.3. The standard InChI is InChI=1S/C10H14BrN5S/c1-3-12-9(8-6-14-17-15-8)10-7(11)5-13-16(10)4-2/h5-6,9,12H,3-4H2,1-2H3. The third-order valence-corrected chi connectivity index (χ3v) is 3.59. The molecule has 0 saturated heterocycles. The van der Waals surface area contributed by atoms with Crippen molar-refractivity contribution in [3.8, 4) is 0 Å². The summed E-state index contributed by atoms with van der Waals surface area (Å²) in [5.74, 6) is 0. The van der Waals surface area contributed by atoms with Gasteiger partial charge >= 0.3 is 0 Å². The number of nitrogens with one attached hydrogen (secondary N) is 1. The van der Waals surface area contributed by atoms with E-state index in [1.54, 1.807) is 6.20 Å². The molecular weight excluding hydrogens is 302 g/mol. The van der Waals surface area contributed by atoms with E-state index in [-0.39, 0.29) is 6.04 Å². The van der Waals surface area contributed by atoms with Gasteiger partial charge in [0.2, 0.25) is 0 Å². The Bertz CT molecular complexity index is 467. The van der Waals surface area contributed by atoms with E-state index in [1.807, 2.05) is 10.9 Å². The molecule has 2 heterocycles. The molecule has 0 bridgehead atoms. The normalized spacial score (nSPS) is 12.9. The molecule has 17 heavy (non-hydrogen) atoms. The zero-order chi connectivity index (χ0) is 12.3. The van der Waals surface area contributed by atoms with Crippen LogP contribution in [0.5, 0.6) is 0 Å². The van der Waals surface area contributed by atoms with Crippen LogP contribution in [0.25, 0.3) is 0 Å². The number of aryl methyl sites for hydroxylation is 1. The van der Waals surface area contributed by atoms with Gasteiger partial charge in [0.05, 0.1) is 46.0 Å². The van der Waals surface area contributed by atoms with E-state index in [0.717, 1.165) is 29.0 Å². The van der Waals surface area contributed by atoms with E-state index in [2.05, 4.69) is 48.9 Å². The van der Waals surface area contributed by atoms with Crippen LogP contribution < -0.4 is 5.32 Å². The zero-order valence-electron chi connectivity index (χ0n) is 9.72. The van der Waals surface area contributed by atoms with Crippen molar-refractivity contribution in [1.29, 1.82) is 0 Å². The number of hydrogen-bond acceptors (Lipinski definition) is 5. The van der Waals surface area contributed by atoms with Crippen LogP contribution in [-0.4, -0.2) is 25.1 Å². The predicted molar refractivity (Wildman–Crippen MR) is 71.0 cm³/mol. The van der Waals surface area contributed by atoms with Gasteiger partial charge in [-0.15, -0.1) is 0 Å². The van der Waals surface area contributed by atoms with Crippen LogP contribution in [0.1, 0.15) is 31.3 Å². The highest BCUT2D eigenvalue weighted by molar-refractivity contribution is 9.10. The summed E-state index contributed by atoms with van der Waals surface area (Å²) in [5.41, 5.74) is 2.04. The molecule has 2 rings (SSSR count). The van der Waals surface area contributed by atoms with Crippen LogP contribution >= 0.6 is 27.7 Å². The highest BCUT2D eigenvalue weighted by Gasteiger charge is 2.22. The van der Waals surface area contributed by atoms with Crippen molar-refractivity contribution in [2.45, 2.75) is 26.4 Å². The van der Waals surface area contributed by atoms with Crippen LogP contribution in [0.3, 0.4) is 0 Å². The minimum atomic E-state index is 0.0376. The van der Waals surface area contributed by atoms with Gasteiger partial charge in [0.25, 0.3) is 0 Å². The molecule has 0 amide bonds. The van der Waals surface area contributed by atoms with E-state index < -0.39 is 0 Å². The van der Waals surface area contributed by atoms with Crippen molar-refractivity contribution in [3.63, 3.8) is 0 Å². The maximum absolute atomic E-state index is 4.33. The smallest absolute Gasteiger partial charge is 0.0974 e. The largest absolute Gasteiger partial charge is 0.304 e.